The van der Waals surface area contributed by atoms with Gasteiger partial charge in [-0.15, -0.1) is 0 Å². The van der Waals surface area contributed by atoms with Crippen molar-refractivity contribution in [2.45, 2.75) is 39.2 Å². The van der Waals surface area contributed by atoms with Gasteiger partial charge in [-0.3, -0.25) is 4.90 Å². The van der Waals surface area contributed by atoms with E-state index in [0.29, 0.717) is 12.0 Å². The molecule has 1 fully saturated rings. The molecule has 1 aliphatic rings. The van der Waals surface area contributed by atoms with Crippen LogP contribution < -0.4 is 5.73 Å². The number of likely N-dealkylation sites (tertiary alicyclic amines) is 1. The molecule has 0 amide bonds. The van der Waals surface area contributed by atoms with Crippen LogP contribution in [0.25, 0.3) is 0 Å². The lowest BCUT2D eigenvalue weighted by Crippen LogP contribution is -2.40. The van der Waals surface area contributed by atoms with Crippen molar-refractivity contribution in [2.24, 2.45) is 17.6 Å². The van der Waals surface area contributed by atoms with E-state index in [2.05, 4.69) is 49.1 Å². The average Bonchev–Trinajstić information content (AvgIpc) is 2.40. The Morgan fingerprint density at radius 2 is 2.00 bits per heavy atom. The lowest BCUT2D eigenvalue weighted by molar-refractivity contribution is 0.0931. The number of hydrogen-bond donors (Lipinski definition) is 1. The minimum Gasteiger partial charge on any atom is -0.330 e. The number of hydrogen-bond acceptors (Lipinski definition) is 2. The fourth-order valence-electron chi connectivity index (χ4n) is 3.49. The average molecular weight is 260 g/mol. The summed E-state index contributed by atoms with van der Waals surface area (Å²) in [5, 5.41) is 0. The van der Waals surface area contributed by atoms with Crippen molar-refractivity contribution in [3.63, 3.8) is 0 Å². The van der Waals surface area contributed by atoms with Crippen LogP contribution in [0.1, 0.15) is 44.7 Å². The third kappa shape index (κ3) is 3.80. The first-order valence-corrected chi connectivity index (χ1v) is 7.71. The Balaban J connectivity index is 2.11. The van der Waals surface area contributed by atoms with Crippen LogP contribution in [0.2, 0.25) is 0 Å². The van der Waals surface area contributed by atoms with Crippen molar-refractivity contribution < 1.29 is 0 Å². The maximum atomic E-state index is 5.73. The minimum atomic E-state index is 0.557. The summed E-state index contributed by atoms with van der Waals surface area (Å²) in [5.41, 5.74) is 7.20. The first-order valence-electron chi connectivity index (χ1n) is 7.71. The molecule has 2 N–H and O–H groups in total. The van der Waals surface area contributed by atoms with Crippen molar-refractivity contribution in [1.82, 2.24) is 4.90 Å². The van der Waals surface area contributed by atoms with Crippen LogP contribution in [0.5, 0.6) is 0 Å². The Morgan fingerprint density at radius 3 is 2.63 bits per heavy atom. The second kappa shape index (κ2) is 7.06. The van der Waals surface area contributed by atoms with Gasteiger partial charge >= 0.3 is 0 Å². The second-order valence-corrected chi connectivity index (χ2v) is 6.18. The molecule has 0 aromatic heterocycles. The Bertz CT molecular complexity index is 359. The van der Waals surface area contributed by atoms with Crippen LogP contribution in [0.4, 0.5) is 0 Å². The molecule has 0 aliphatic carbocycles. The largest absolute Gasteiger partial charge is 0.330 e. The standard InChI is InChI=1S/C17H28N2/c1-14(2)17(16-8-4-3-5-9-16)19-12-6-7-15(13-19)10-11-18/h3-5,8-9,14-15,17H,6-7,10-13,18H2,1-2H3. The van der Waals surface area contributed by atoms with Crippen LogP contribution in [-0.2, 0) is 0 Å². The van der Waals surface area contributed by atoms with Crippen molar-refractivity contribution in [3.05, 3.63) is 35.9 Å². The number of rotatable bonds is 5. The van der Waals surface area contributed by atoms with E-state index < -0.39 is 0 Å². The van der Waals surface area contributed by atoms with E-state index in [1.807, 2.05) is 0 Å². The summed E-state index contributed by atoms with van der Waals surface area (Å²) in [6.45, 7) is 7.96. The lowest BCUT2D eigenvalue weighted by atomic mass is 9.88. The minimum absolute atomic E-state index is 0.557. The first-order chi connectivity index (χ1) is 9.22. The molecule has 19 heavy (non-hydrogen) atoms. The fraction of sp³-hybridized carbons (Fsp3) is 0.647. The number of benzene rings is 1. The summed E-state index contributed by atoms with van der Waals surface area (Å²) >= 11 is 0. The van der Waals surface area contributed by atoms with Gasteiger partial charge in [0, 0.05) is 12.6 Å². The van der Waals surface area contributed by atoms with E-state index in [1.54, 1.807) is 0 Å². The fourth-order valence-corrected chi connectivity index (χ4v) is 3.49. The number of piperidine rings is 1. The summed E-state index contributed by atoms with van der Waals surface area (Å²) in [5.74, 6) is 1.45. The zero-order valence-electron chi connectivity index (χ0n) is 12.4. The molecular formula is C17H28N2. The highest BCUT2D eigenvalue weighted by molar-refractivity contribution is 5.19. The number of nitrogens with two attached hydrogens (primary N) is 1. The Kier molecular flexibility index (Phi) is 5.41. The quantitative estimate of drug-likeness (QED) is 0.878. The van der Waals surface area contributed by atoms with E-state index in [0.717, 1.165) is 12.5 Å². The summed E-state index contributed by atoms with van der Waals surface area (Å²) in [4.78, 5) is 2.68. The maximum Gasteiger partial charge on any atom is 0.0371 e. The van der Waals surface area contributed by atoms with Gasteiger partial charge in [-0.25, -0.2) is 0 Å². The molecule has 1 aromatic rings. The molecule has 2 nitrogen and oxygen atoms in total. The van der Waals surface area contributed by atoms with Crippen molar-refractivity contribution in [1.29, 1.82) is 0 Å². The van der Waals surface area contributed by atoms with Gasteiger partial charge in [-0.1, -0.05) is 44.2 Å². The van der Waals surface area contributed by atoms with Crippen LogP contribution in [0, 0.1) is 11.8 Å². The van der Waals surface area contributed by atoms with Crippen molar-refractivity contribution >= 4 is 0 Å². The third-order valence-corrected chi connectivity index (χ3v) is 4.29. The molecule has 0 saturated carbocycles. The van der Waals surface area contributed by atoms with E-state index in [9.17, 15) is 0 Å². The molecule has 1 aromatic carbocycles. The summed E-state index contributed by atoms with van der Waals surface area (Å²) in [6.07, 6.45) is 3.85. The molecule has 2 unspecified atom stereocenters. The highest BCUT2D eigenvalue weighted by Gasteiger charge is 2.28. The highest BCUT2D eigenvalue weighted by Crippen LogP contribution is 2.32. The van der Waals surface area contributed by atoms with E-state index in [-0.39, 0.29) is 0 Å². The topological polar surface area (TPSA) is 29.3 Å². The molecule has 0 spiro atoms. The van der Waals surface area contributed by atoms with Gasteiger partial charge in [0.15, 0.2) is 0 Å². The monoisotopic (exact) mass is 260 g/mol. The SMILES string of the molecule is CC(C)C(c1ccccc1)N1CCCC(CCN)C1. The van der Waals surface area contributed by atoms with Crippen LogP contribution in [0.15, 0.2) is 30.3 Å². The summed E-state index contributed by atoms with van der Waals surface area (Å²) in [7, 11) is 0. The van der Waals surface area contributed by atoms with Crippen molar-refractivity contribution in [2.75, 3.05) is 19.6 Å². The van der Waals surface area contributed by atoms with Gasteiger partial charge in [0.25, 0.3) is 0 Å². The molecule has 1 saturated heterocycles. The van der Waals surface area contributed by atoms with E-state index >= 15 is 0 Å². The Hall–Kier alpha value is -0.860. The zero-order chi connectivity index (χ0) is 13.7. The smallest absolute Gasteiger partial charge is 0.0371 e. The predicted molar refractivity (Wildman–Crippen MR) is 82.0 cm³/mol. The molecular weight excluding hydrogens is 232 g/mol. The van der Waals surface area contributed by atoms with Crippen LogP contribution in [-0.4, -0.2) is 24.5 Å². The summed E-state index contributed by atoms with van der Waals surface area (Å²) in [6, 6.07) is 11.5. The molecule has 1 aliphatic heterocycles. The molecule has 0 bridgehead atoms. The lowest BCUT2D eigenvalue weighted by Gasteiger charge is -2.40. The molecule has 0 radical (unpaired) electrons. The highest BCUT2D eigenvalue weighted by atomic mass is 15.2. The van der Waals surface area contributed by atoms with Gasteiger partial charge in [0.05, 0.1) is 0 Å². The van der Waals surface area contributed by atoms with E-state index in [1.165, 1.54) is 37.9 Å². The van der Waals surface area contributed by atoms with Gasteiger partial charge in [0.2, 0.25) is 0 Å². The van der Waals surface area contributed by atoms with Gasteiger partial charge in [-0.2, -0.15) is 0 Å². The zero-order valence-corrected chi connectivity index (χ0v) is 12.4. The van der Waals surface area contributed by atoms with Gasteiger partial charge < -0.3 is 5.73 Å². The van der Waals surface area contributed by atoms with Crippen LogP contribution >= 0.6 is 0 Å². The molecule has 2 rings (SSSR count). The Morgan fingerprint density at radius 1 is 1.26 bits per heavy atom. The van der Waals surface area contributed by atoms with Crippen LogP contribution in [0.3, 0.4) is 0 Å². The molecule has 2 atom stereocenters. The third-order valence-electron chi connectivity index (χ3n) is 4.29. The molecule has 2 heteroatoms. The second-order valence-electron chi connectivity index (χ2n) is 6.18. The predicted octanol–water partition coefficient (Wildman–Crippen LogP) is 3.44. The van der Waals surface area contributed by atoms with Gasteiger partial charge in [0.1, 0.15) is 0 Å². The van der Waals surface area contributed by atoms with Gasteiger partial charge in [-0.05, 0) is 49.8 Å². The summed E-state index contributed by atoms with van der Waals surface area (Å²) < 4.78 is 0. The number of nitrogens with zero attached hydrogens (tertiary/aromatic N) is 1. The maximum absolute atomic E-state index is 5.73. The first kappa shape index (κ1) is 14.5. The molecule has 1 heterocycles. The normalized spacial score (nSPS) is 22.6. The molecule has 106 valence electrons. The van der Waals surface area contributed by atoms with E-state index in [4.69, 9.17) is 5.73 Å². The Labute approximate surface area is 118 Å². The van der Waals surface area contributed by atoms with Crippen molar-refractivity contribution in [3.8, 4) is 0 Å².